The largest absolute Gasteiger partial charge is 0.465 e. The van der Waals surface area contributed by atoms with Gasteiger partial charge in [0, 0.05) is 11.1 Å². The molecule has 1 aromatic carbocycles. The Hall–Kier alpha value is -2.27. The molecule has 0 amide bonds. The van der Waals surface area contributed by atoms with Crippen molar-refractivity contribution in [1.29, 1.82) is 5.26 Å². The zero-order chi connectivity index (χ0) is 18.8. The number of carbonyl (C=O) groups excluding carboxylic acids is 1. The molecule has 9 heteroatoms. The van der Waals surface area contributed by atoms with E-state index in [1.807, 2.05) is 0 Å². The summed E-state index contributed by atoms with van der Waals surface area (Å²) >= 11 is 11.7. The Morgan fingerprint density at radius 1 is 1.32 bits per heavy atom. The molecule has 0 aliphatic rings. The van der Waals surface area contributed by atoms with Crippen molar-refractivity contribution in [3.8, 4) is 6.07 Å². The Morgan fingerprint density at radius 3 is 2.60 bits per heavy atom. The van der Waals surface area contributed by atoms with E-state index in [0.29, 0.717) is 0 Å². The molecule has 2 rings (SSSR count). The molecular formula is C16H11Cl2NO5S. The summed E-state index contributed by atoms with van der Waals surface area (Å²) in [5, 5.41) is 9.35. The number of nitrogens with zero attached hydrogens (tertiary/aromatic N) is 1. The van der Waals surface area contributed by atoms with Gasteiger partial charge in [-0.3, -0.25) is 0 Å². The molecule has 0 atom stereocenters. The van der Waals surface area contributed by atoms with E-state index in [9.17, 15) is 18.5 Å². The van der Waals surface area contributed by atoms with E-state index in [4.69, 9.17) is 27.6 Å². The maximum absolute atomic E-state index is 12.7. The highest BCUT2D eigenvalue weighted by Gasteiger charge is 2.25. The number of hydrogen-bond acceptors (Lipinski definition) is 6. The van der Waals surface area contributed by atoms with Crippen molar-refractivity contribution in [2.24, 2.45) is 0 Å². The van der Waals surface area contributed by atoms with Crippen molar-refractivity contribution in [3.05, 3.63) is 56.3 Å². The van der Waals surface area contributed by atoms with Crippen LogP contribution in [0.4, 0.5) is 0 Å². The topological polar surface area (TPSA) is 97.4 Å². The highest BCUT2D eigenvalue weighted by atomic mass is 35.5. The summed E-state index contributed by atoms with van der Waals surface area (Å²) in [4.78, 5) is 10.7. The van der Waals surface area contributed by atoms with Gasteiger partial charge < -0.3 is 9.15 Å². The predicted molar refractivity (Wildman–Crippen MR) is 92.0 cm³/mol. The zero-order valence-electron chi connectivity index (χ0n) is 13.0. The highest BCUT2D eigenvalue weighted by Crippen LogP contribution is 2.30. The van der Waals surface area contributed by atoms with Gasteiger partial charge in [-0.15, -0.1) is 0 Å². The van der Waals surface area contributed by atoms with Gasteiger partial charge in [-0.1, -0.05) is 23.2 Å². The molecule has 0 spiro atoms. The third-order valence-corrected chi connectivity index (χ3v) is 5.58. The quantitative estimate of drug-likeness (QED) is 0.568. The number of methoxy groups -OCH3 is 1. The predicted octanol–water partition coefficient (Wildman–Crippen LogP) is 4.02. The van der Waals surface area contributed by atoms with Gasteiger partial charge in [0.1, 0.15) is 23.2 Å². The summed E-state index contributed by atoms with van der Waals surface area (Å²) in [5.74, 6) is -0.398. The molecule has 0 saturated carbocycles. The van der Waals surface area contributed by atoms with Crippen LogP contribution in [-0.4, -0.2) is 21.5 Å². The molecule has 2 aromatic rings. The maximum atomic E-state index is 12.7. The van der Waals surface area contributed by atoms with E-state index >= 15 is 0 Å². The molecular weight excluding hydrogens is 389 g/mol. The summed E-state index contributed by atoms with van der Waals surface area (Å²) in [6.45, 7) is 1.51. The molecule has 6 nitrogen and oxygen atoms in total. The van der Waals surface area contributed by atoms with Crippen molar-refractivity contribution in [1.82, 2.24) is 0 Å². The number of halogens is 2. The summed E-state index contributed by atoms with van der Waals surface area (Å²) in [7, 11) is -3.02. The fourth-order valence-corrected chi connectivity index (χ4v) is 3.88. The second-order valence-corrected chi connectivity index (χ2v) is 7.54. The molecule has 0 N–H and O–H groups in total. The van der Waals surface area contributed by atoms with Crippen LogP contribution >= 0.6 is 23.2 Å². The van der Waals surface area contributed by atoms with Crippen LogP contribution in [0, 0.1) is 18.3 Å². The molecule has 0 fully saturated rings. The number of hydrogen-bond donors (Lipinski definition) is 0. The number of rotatable bonds is 4. The number of furan rings is 1. The van der Waals surface area contributed by atoms with E-state index in [1.54, 1.807) is 6.07 Å². The summed E-state index contributed by atoms with van der Waals surface area (Å²) in [5.41, 5.74) is 0.129. The summed E-state index contributed by atoms with van der Waals surface area (Å²) in [6, 6.07) is 6.78. The van der Waals surface area contributed by atoms with E-state index in [0.717, 1.165) is 12.1 Å². The van der Waals surface area contributed by atoms with Gasteiger partial charge in [0.25, 0.3) is 0 Å². The molecule has 0 aliphatic heterocycles. The van der Waals surface area contributed by atoms with Gasteiger partial charge in [-0.2, -0.15) is 5.26 Å². The minimum atomic E-state index is -4.22. The van der Waals surface area contributed by atoms with Crippen LogP contribution in [0.15, 0.2) is 38.5 Å². The number of sulfone groups is 1. The average molecular weight is 400 g/mol. The third kappa shape index (κ3) is 3.87. The molecule has 0 radical (unpaired) electrons. The van der Waals surface area contributed by atoms with Crippen molar-refractivity contribution >= 4 is 45.1 Å². The Labute approximate surface area is 154 Å². The number of aryl methyl sites for hydroxylation is 1. The number of benzene rings is 1. The molecule has 0 bridgehead atoms. The van der Waals surface area contributed by atoms with Gasteiger partial charge in [0.2, 0.25) is 9.84 Å². The van der Waals surface area contributed by atoms with Crippen LogP contribution in [0.25, 0.3) is 6.08 Å². The normalized spacial score (nSPS) is 11.9. The summed E-state index contributed by atoms with van der Waals surface area (Å²) in [6.07, 6.45) is 1.01. The van der Waals surface area contributed by atoms with E-state index in [2.05, 4.69) is 4.74 Å². The first-order chi connectivity index (χ1) is 11.7. The lowest BCUT2D eigenvalue weighted by molar-refractivity contribution is 0.0599. The smallest absolute Gasteiger partial charge is 0.341 e. The van der Waals surface area contributed by atoms with Gasteiger partial charge in [-0.05, 0) is 31.2 Å². The molecule has 0 saturated heterocycles. The minimum Gasteiger partial charge on any atom is -0.465 e. The SMILES string of the molecule is COC(=O)c1cc(/C=C(\C#N)S(=O)(=O)c2cc(Cl)ccc2Cl)oc1C. The van der Waals surface area contributed by atoms with E-state index < -0.39 is 20.7 Å². The van der Waals surface area contributed by atoms with Gasteiger partial charge in [0.05, 0.1) is 17.0 Å². The average Bonchev–Trinajstić information content (AvgIpc) is 2.94. The van der Waals surface area contributed by atoms with Gasteiger partial charge in [0.15, 0.2) is 4.91 Å². The molecule has 0 unspecified atom stereocenters. The number of ether oxygens (including phenoxy) is 1. The first-order valence-corrected chi connectivity index (χ1v) is 8.95. The highest BCUT2D eigenvalue weighted by molar-refractivity contribution is 7.95. The van der Waals surface area contributed by atoms with Crippen molar-refractivity contribution in [2.45, 2.75) is 11.8 Å². The fourth-order valence-electron chi connectivity index (χ4n) is 1.99. The molecule has 25 heavy (non-hydrogen) atoms. The van der Waals surface area contributed by atoms with E-state index in [-0.39, 0.29) is 32.0 Å². The van der Waals surface area contributed by atoms with Crippen LogP contribution in [0.3, 0.4) is 0 Å². The first-order valence-electron chi connectivity index (χ1n) is 6.71. The lowest BCUT2D eigenvalue weighted by atomic mass is 10.2. The van der Waals surface area contributed by atoms with Crippen molar-refractivity contribution < 1.29 is 22.4 Å². The molecule has 1 heterocycles. The third-order valence-electron chi connectivity index (χ3n) is 3.20. The molecule has 130 valence electrons. The number of allylic oxidation sites excluding steroid dienone is 1. The van der Waals surface area contributed by atoms with Crippen LogP contribution in [0.2, 0.25) is 10.0 Å². The minimum absolute atomic E-state index is 0.0103. The van der Waals surface area contributed by atoms with Gasteiger partial charge in [-0.25, -0.2) is 13.2 Å². The van der Waals surface area contributed by atoms with Crippen LogP contribution < -0.4 is 0 Å². The Kier molecular flexibility index (Phi) is 5.58. The molecule has 1 aromatic heterocycles. The summed E-state index contributed by atoms with van der Waals surface area (Å²) < 4.78 is 35.2. The Morgan fingerprint density at radius 2 is 2.00 bits per heavy atom. The maximum Gasteiger partial charge on any atom is 0.341 e. The lowest BCUT2D eigenvalue weighted by Gasteiger charge is -2.05. The fraction of sp³-hybridized carbons (Fsp3) is 0.125. The second-order valence-electron chi connectivity index (χ2n) is 4.81. The van der Waals surface area contributed by atoms with Crippen LogP contribution in [0.1, 0.15) is 21.9 Å². The molecule has 0 aliphatic carbocycles. The number of nitriles is 1. The second kappa shape index (κ2) is 7.31. The standard InChI is InChI=1S/C16H11Cl2NO5S/c1-9-13(16(20)23-2)7-11(24-9)6-12(8-19)25(21,22)15-5-10(17)3-4-14(15)18/h3-7H,1-2H3/b12-6+. The van der Waals surface area contributed by atoms with Crippen LogP contribution in [-0.2, 0) is 14.6 Å². The first kappa shape index (κ1) is 19.1. The number of carbonyl (C=O) groups is 1. The van der Waals surface area contributed by atoms with Crippen LogP contribution in [0.5, 0.6) is 0 Å². The zero-order valence-corrected chi connectivity index (χ0v) is 15.4. The van der Waals surface area contributed by atoms with E-state index in [1.165, 1.54) is 32.2 Å². The monoisotopic (exact) mass is 399 g/mol. The number of esters is 1. The lowest BCUT2D eigenvalue weighted by Crippen LogP contribution is -2.04. The Balaban J connectivity index is 2.56. The Bertz CT molecular complexity index is 1020. The van der Waals surface area contributed by atoms with Gasteiger partial charge >= 0.3 is 5.97 Å². The van der Waals surface area contributed by atoms with Crippen molar-refractivity contribution in [3.63, 3.8) is 0 Å². The van der Waals surface area contributed by atoms with Crippen molar-refractivity contribution in [2.75, 3.05) is 7.11 Å².